The summed E-state index contributed by atoms with van der Waals surface area (Å²) >= 11 is 0. The van der Waals surface area contributed by atoms with Gasteiger partial charge in [0.15, 0.2) is 0 Å². The van der Waals surface area contributed by atoms with E-state index in [1.165, 1.54) is 12.8 Å². The topological polar surface area (TPSA) is 81.4 Å². The molecule has 2 aliphatic heterocycles. The summed E-state index contributed by atoms with van der Waals surface area (Å²) in [5.74, 6) is 8.42. The highest BCUT2D eigenvalue weighted by molar-refractivity contribution is 5.60. The number of aromatic nitrogens is 4. The lowest BCUT2D eigenvalue weighted by Gasteiger charge is -2.05. The third-order valence-corrected chi connectivity index (χ3v) is 5.51. The minimum atomic E-state index is 0.341. The van der Waals surface area contributed by atoms with Crippen LogP contribution in [0.15, 0.2) is 36.7 Å². The summed E-state index contributed by atoms with van der Waals surface area (Å²) in [5.41, 5.74) is 4.01. The van der Waals surface area contributed by atoms with Crippen LogP contribution in [0.25, 0.3) is 11.3 Å². The molecule has 0 bridgehead atoms. The third kappa shape index (κ3) is 3.59. The van der Waals surface area contributed by atoms with Crippen LogP contribution < -0.4 is 10.6 Å². The predicted octanol–water partition coefficient (Wildman–Crippen LogP) is 3.05. The minimum absolute atomic E-state index is 0.341. The molecule has 0 amide bonds. The molecule has 0 spiro atoms. The molecule has 0 aliphatic carbocycles. The first-order valence-corrected chi connectivity index (χ1v) is 10.0. The number of rotatable bonds is 3. The summed E-state index contributed by atoms with van der Waals surface area (Å²) in [6.07, 6.45) is 8.43. The molecule has 2 fully saturated rings. The van der Waals surface area contributed by atoms with Crippen molar-refractivity contribution in [3.63, 3.8) is 0 Å². The van der Waals surface area contributed by atoms with Gasteiger partial charge in [-0.2, -0.15) is 0 Å². The van der Waals surface area contributed by atoms with E-state index in [0.717, 1.165) is 60.1 Å². The van der Waals surface area contributed by atoms with Gasteiger partial charge in [-0.1, -0.05) is 18.1 Å². The molecule has 1 aromatic carbocycles. The molecule has 6 nitrogen and oxygen atoms in total. The number of nitrogens with zero attached hydrogens (tertiary/aromatic N) is 2. The van der Waals surface area contributed by atoms with E-state index in [4.69, 9.17) is 0 Å². The van der Waals surface area contributed by atoms with Crippen molar-refractivity contribution in [2.45, 2.75) is 37.8 Å². The van der Waals surface area contributed by atoms with Crippen molar-refractivity contribution >= 4 is 0 Å². The van der Waals surface area contributed by atoms with Crippen molar-refractivity contribution in [3.8, 4) is 23.1 Å². The zero-order valence-corrected chi connectivity index (χ0v) is 15.8. The van der Waals surface area contributed by atoms with Gasteiger partial charge in [0.1, 0.15) is 17.3 Å². The second kappa shape index (κ2) is 7.63. The van der Waals surface area contributed by atoms with Crippen LogP contribution in [0.3, 0.4) is 0 Å². The molecule has 0 saturated carbocycles. The van der Waals surface area contributed by atoms with E-state index in [-0.39, 0.29) is 0 Å². The normalized spacial score (nSPS) is 21.6. The fourth-order valence-corrected chi connectivity index (χ4v) is 3.95. The summed E-state index contributed by atoms with van der Waals surface area (Å²) in [7, 11) is 0. The van der Waals surface area contributed by atoms with Gasteiger partial charge in [-0.25, -0.2) is 9.97 Å². The van der Waals surface area contributed by atoms with E-state index in [1.807, 2.05) is 24.5 Å². The first-order chi connectivity index (χ1) is 13.8. The van der Waals surface area contributed by atoms with Crippen molar-refractivity contribution in [3.05, 3.63) is 59.6 Å². The largest absolute Gasteiger partial charge is 0.341 e. The molecule has 2 unspecified atom stereocenters. The Morgan fingerprint density at radius 1 is 0.786 bits per heavy atom. The highest BCUT2D eigenvalue weighted by Gasteiger charge is 2.19. The third-order valence-electron chi connectivity index (χ3n) is 5.51. The van der Waals surface area contributed by atoms with Crippen LogP contribution in [-0.2, 0) is 0 Å². The summed E-state index contributed by atoms with van der Waals surface area (Å²) in [4.78, 5) is 15.8. The van der Waals surface area contributed by atoms with Crippen LogP contribution in [0.5, 0.6) is 0 Å². The standard InChI is InChI=1S/C22H24N6/c1-3-18(23-11-1)21-25-13-17(27-21)10-7-15-5-8-16(9-6-15)20-14-26-22(28-20)19-4-2-12-24-19/h5-6,8-9,13-14,18-19,23-24H,1-4,11-12H2,(H,25,27)(H,26,28). The average Bonchev–Trinajstić information content (AvgIpc) is 3.53. The molecule has 4 heterocycles. The van der Waals surface area contributed by atoms with Gasteiger partial charge in [-0.3, -0.25) is 0 Å². The number of nitrogens with one attached hydrogen (secondary N) is 4. The Morgan fingerprint density at radius 3 is 2.14 bits per heavy atom. The van der Waals surface area contributed by atoms with Crippen LogP contribution in [0.1, 0.15) is 60.7 Å². The number of aromatic amines is 2. The van der Waals surface area contributed by atoms with Gasteiger partial charge in [-0.05, 0) is 62.4 Å². The monoisotopic (exact) mass is 372 g/mol. The maximum Gasteiger partial charge on any atom is 0.124 e. The van der Waals surface area contributed by atoms with E-state index in [0.29, 0.717) is 12.1 Å². The number of hydrogen-bond donors (Lipinski definition) is 4. The summed E-state index contributed by atoms with van der Waals surface area (Å²) in [6.45, 7) is 2.14. The van der Waals surface area contributed by atoms with E-state index in [9.17, 15) is 0 Å². The smallest absolute Gasteiger partial charge is 0.124 e. The predicted molar refractivity (Wildman–Crippen MR) is 109 cm³/mol. The van der Waals surface area contributed by atoms with Crippen LogP contribution in [0.4, 0.5) is 0 Å². The first-order valence-electron chi connectivity index (χ1n) is 10.0. The summed E-state index contributed by atoms with van der Waals surface area (Å²) in [5, 5.41) is 6.92. The molecule has 2 saturated heterocycles. The lowest BCUT2D eigenvalue weighted by atomic mass is 10.1. The molecular weight excluding hydrogens is 348 g/mol. The van der Waals surface area contributed by atoms with Crippen LogP contribution in [0, 0.1) is 11.8 Å². The number of imidazole rings is 2. The van der Waals surface area contributed by atoms with Crippen molar-refractivity contribution in [1.82, 2.24) is 30.6 Å². The first kappa shape index (κ1) is 17.2. The van der Waals surface area contributed by atoms with E-state index in [2.05, 4.69) is 54.5 Å². The molecular formula is C22H24N6. The molecule has 2 atom stereocenters. The van der Waals surface area contributed by atoms with Crippen LogP contribution in [-0.4, -0.2) is 33.0 Å². The molecule has 4 N–H and O–H groups in total. The Labute approximate surface area is 164 Å². The average molecular weight is 372 g/mol. The van der Waals surface area contributed by atoms with Gasteiger partial charge >= 0.3 is 0 Å². The van der Waals surface area contributed by atoms with Crippen LogP contribution in [0.2, 0.25) is 0 Å². The number of hydrogen-bond acceptors (Lipinski definition) is 4. The molecule has 6 heteroatoms. The van der Waals surface area contributed by atoms with Crippen molar-refractivity contribution in [1.29, 1.82) is 0 Å². The molecule has 0 radical (unpaired) electrons. The van der Waals surface area contributed by atoms with Crippen molar-refractivity contribution in [2.75, 3.05) is 13.1 Å². The Kier molecular flexibility index (Phi) is 4.69. The Morgan fingerprint density at radius 2 is 1.46 bits per heavy atom. The number of H-pyrrole nitrogens is 2. The van der Waals surface area contributed by atoms with Gasteiger partial charge < -0.3 is 20.6 Å². The molecule has 142 valence electrons. The lowest BCUT2D eigenvalue weighted by Crippen LogP contribution is -2.14. The highest BCUT2D eigenvalue weighted by Crippen LogP contribution is 2.24. The molecule has 3 aromatic rings. The van der Waals surface area contributed by atoms with E-state index >= 15 is 0 Å². The second-order valence-electron chi connectivity index (χ2n) is 7.49. The van der Waals surface area contributed by atoms with Gasteiger partial charge in [0.05, 0.1) is 30.2 Å². The maximum atomic E-state index is 4.55. The van der Waals surface area contributed by atoms with Gasteiger partial charge in [-0.15, -0.1) is 0 Å². The lowest BCUT2D eigenvalue weighted by molar-refractivity contribution is 0.612. The fourth-order valence-electron chi connectivity index (χ4n) is 3.95. The fraction of sp³-hybridized carbons (Fsp3) is 0.364. The zero-order chi connectivity index (χ0) is 18.8. The Bertz CT molecular complexity index is 992. The van der Waals surface area contributed by atoms with E-state index in [1.54, 1.807) is 0 Å². The van der Waals surface area contributed by atoms with Gasteiger partial charge in [0, 0.05) is 5.56 Å². The summed E-state index contributed by atoms with van der Waals surface area (Å²) < 4.78 is 0. The molecule has 2 aliphatic rings. The quantitative estimate of drug-likeness (QED) is 0.533. The Hall–Kier alpha value is -2.88. The van der Waals surface area contributed by atoms with E-state index < -0.39 is 0 Å². The second-order valence-corrected chi connectivity index (χ2v) is 7.49. The highest BCUT2D eigenvalue weighted by atomic mass is 15.0. The maximum absolute atomic E-state index is 4.55. The number of benzene rings is 1. The minimum Gasteiger partial charge on any atom is -0.341 e. The van der Waals surface area contributed by atoms with Crippen molar-refractivity contribution < 1.29 is 0 Å². The van der Waals surface area contributed by atoms with Crippen LogP contribution >= 0.6 is 0 Å². The SMILES string of the molecule is C(#Cc1cnc(C2CCCN2)[nH]1)c1ccc(-c2cnc(C3CCCN3)[nH]2)cc1. The van der Waals surface area contributed by atoms with Gasteiger partial charge in [0.2, 0.25) is 0 Å². The molecule has 5 rings (SSSR count). The van der Waals surface area contributed by atoms with Gasteiger partial charge in [0.25, 0.3) is 0 Å². The molecule has 28 heavy (non-hydrogen) atoms. The Balaban J connectivity index is 1.27. The molecule has 2 aromatic heterocycles. The van der Waals surface area contributed by atoms with Crippen molar-refractivity contribution in [2.24, 2.45) is 0 Å². The summed E-state index contributed by atoms with van der Waals surface area (Å²) in [6, 6.07) is 8.97. The zero-order valence-electron chi connectivity index (χ0n) is 15.8.